The van der Waals surface area contributed by atoms with Crippen LogP contribution in [0.5, 0.6) is 0 Å². The molecule has 0 radical (unpaired) electrons. The van der Waals surface area contributed by atoms with Crippen LogP contribution in [0.15, 0.2) is 30.3 Å². The molecule has 1 aromatic heterocycles. The molecule has 0 saturated carbocycles. The molecule has 0 amide bonds. The van der Waals surface area contributed by atoms with Crippen LogP contribution >= 0.6 is 34.5 Å². The van der Waals surface area contributed by atoms with Gasteiger partial charge in [-0.15, -0.1) is 11.3 Å². The number of ketones is 1. The molecule has 0 unspecified atom stereocenters. The highest BCUT2D eigenvalue weighted by molar-refractivity contribution is 7.20. The summed E-state index contributed by atoms with van der Waals surface area (Å²) in [5.41, 5.74) is 2.68. The van der Waals surface area contributed by atoms with Crippen molar-refractivity contribution in [1.29, 1.82) is 0 Å². The van der Waals surface area contributed by atoms with E-state index in [0.29, 0.717) is 20.7 Å². The molecule has 1 heterocycles. The molecule has 0 fully saturated rings. The van der Waals surface area contributed by atoms with E-state index in [2.05, 4.69) is 0 Å². The predicted octanol–water partition coefficient (Wildman–Crippen LogP) is 4.79. The molecule has 2 aromatic rings. The van der Waals surface area contributed by atoms with Gasteiger partial charge in [0.15, 0.2) is 5.78 Å². The summed E-state index contributed by atoms with van der Waals surface area (Å²) in [6, 6.07) is 9.52. The maximum Gasteiger partial charge on any atom is 0.169 e. The van der Waals surface area contributed by atoms with Crippen molar-refractivity contribution in [3.05, 3.63) is 55.7 Å². The van der Waals surface area contributed by atoms with Crippen molar-refractivity contribution >= 4 is 40.3 Å². The molecule has 0 aliphatic rings. The van der Waals surface area contributed by atoms with Gasteiger partial charge < -0.3 is 0 Å². The number of hydrogen-bond acceptors (Lipinski definition) is 2. The van der Waals surface area contributed by atoms with Crippen LogP contribution in [0.1, 0.15) is 21.5 Å². The molecule has 2 rings (SSSR count). The Hall–Kier alpha value is -0.830. The van der Waals surface area contributed by atoms with Crippen LogP contribution < -0.4 is 0 Å². The zero-order valence-electron chi connectivity index (χ0n) is 9.17. The molecule has 0 spiro atoms. The second kappa shape index (κ2) is 5.21. The van der Waals surface area contributed by atoms with E-state index in [-0.39, 0.29) is 5.78 Å². The maximum atomic E-state index is 12.0. The Labute approximate surface area is 114 Å². The zero-order chi connectivity index (χ0) is 12.4. The molecule has 0 atom stereocenters. The first-order chi connectivity index (χ1) is 8.06. The molecule has 1 aromatic carbocycles. The van der Waals surface area contributed by atoms with Crippen molar-refractivity contribution in [2.75, 3.05) is 0 Å². The maximum absolute atomic E-state index is 12.0. The second-order valence-electron chi connectivity index (χ2n) is 3.82. The SMILES string of the molecule is Cc1ccc(CC(=O)c2cc(Cl)sc2Cl)cc1. The molecule has 0 aliphatic heterocycles. The van der Waals surface area contributed by atoms with Gasteiger partial charge in [0.1, 0.15) is 4.34 Å². The van der Waals surface area contributed by atoms with Crippen molar-refractivity contribution in [1.82, 2.24) is 0 Å². The summed E-state index contributed by atoms with van der Waals surface area (Å²) in [6.45, 7) is 2.01. The third-order valence-electron chi connectivity index (χ3n) is 2.44. The van der Waals surface area contributed by atoms with Gasteiger partial charge in [0.2, 0.25) is 0 Å². The van der Waals surface area contributed by atoms with E-state index in [1.54, 1.807) is 6.07 Å². The smallest absolute Gasteiger partial charge is 0.169 e. The monoisotopic (exact) mass is 284 g/mol. The van der Waals surface area contributed by atoms with Gasteiger partial charge >= 0.3 is 0 Å². The molecule has 0 saturated heterocycles. The van der Waals surface area contributed by atoms with Gasteiger partial charge in [0.05, 0.1) is 4.34 Å². The van der Waals surface area contributed by atoms with Gasteiger partial charge in [0, 0.05) is 12.0 Å². The summed E-state index contributed by atoms with van der Waals surface area (Å²) >= 11 is 13.0. The third kappa shape index (κ3) is 3.09. The summed E-state index contributed by atoms with van der Waals surface area (Å²) in [5, 5.41) is 0. The average molecular weight is 285 g/mol. The van der Waals surface area contributed by atoms with Crippen LogP contribution in [-0.2, 0) is 6.42 Å². The molecule has 0 bridgehead atoms. The average Bonchev–Trinajstić information content (AvgIpc) is 2.61. The van der Waals surface area contributed by atoms with Crippen LogP contribution in [0.4, 0.5) is 0 Å². The largest absolute Gasteiger partial charge is 0.294 e. The predicted molar refractivity (Wildman–Crippen MR) is 73.6 cm³/mol. The topological polar surface area (TPSA) is 17.1 Å². The van der Waals surface area contributed by atoms with Gasteiger partial charge in [-0.05, 0) is 18.6 Å². The highest BCUT2D eigenvalue weighted by Crippen LogP contribution is 2.31. The highest BCUT2D eigenvalue weighted by atomic mass is 35.5. The van der Waals surface area contributed by atoms with E-state index in [1.165, 1.54) is 16.9 Å². The van der Waals surface area contributed by atoms with E-state index in [0.717, 1.165) is 5.56 Å². The van der Waals surface area contributed by atoms with E-state index < -0.39 is 0 Å². The second-order valence-corrected chi connectivity index (χ2v) is 6.11. The summed E-state index contributed by atoms with van der Waals surface area (Å²) in [7, 11) is 0. The first-order valence-electron chi connectivity index (χ1n) is 5.10. The number of hydrogen-bond donors (Lipinski definition) is 0. The minimum absolute atomic E-state index is 0.00185. The summed E-state index contributed by atoms with van der Waals surface area (Å²) in [5.74, 6) is 0.00185. The number of benzene rings is 1. The molecule has 4 heteroatoms. The summed E-state index contributed by atoms with van der Waals surface area (Å²) in [6.07, 6.45) is 0.354. The molecule has 0 N–H and O–H groups in total. The van der Waals surface area contributed by atoms with Crippen molar-refractivity contribution in [2.45, 2.75) is 13.3 Å². The van der Waals surface area contributed by atoms with E-state index in [4.69, 9.17) is 23.2 Å². The Balaban J connectivity index is 2.17. The molecule has 88 valence electrons. The van der Waals surface area contributed by atoms with Crippen molar-refractivity contribution < 1.29 is 4.79 Å². The van der Waals surface area contributed by atoms with Crippen LogP contribution in [0.25, 0.3) is 0 Å². The lowest BCUT2D eigenvalue weighted by molar-refractivity contribution is 0.0993. The number of Topliss-reactive ketones (excluding diaryl/α,β-unsaturated/α-hetero) is 1. The first kappa shape index (κ1) is 12.6. The Morgan fingerprint density at radius 3 is 2.41 bits per heavy atom. The van der Waals surface area contributed by atoms with Gasteiger partial charge in [0.25, 0.3) is 0 Å². The standard InChI is InChI=1S/C13H10Cl2OS/c1-8-2-4-9(5-3-8)6-11(16)10-7-12(14)17-13(10)15/h2-5,7H,6H2,1H3. The zero-order valence-corrected chi connectivity index (χ0v) is 11.5. The van der Waals surface area contributed by atoms with E-state index in [1.807, 2.05) is 31.2 Å². The van der Waals surface area contributed by atoms with Gasteiger partial charge in [-0.25, -0.2) is 0 Å². The highest BCUT2D eigenvalue weighted by Gasteiger charge is 2.14. The van der Waals surface area contributed by atoms with Gasteiger partial charge in [-0.3, -0.25) is 4.79 Å². The lowest BCUT2D eigenvalue weighted by atomic mass is 10.0. The minimum atomic E-state index is 0.00185. The van der Waals surface area contributed by atoms with Crippen LogP contribution in [0.2, 0.25) is 8.67 Å². The fraction of sp³-hybridized carbons (Fsp3) is 0.154. The first-order valence-corrected chi connectivity index (χ1v) is 6.67. The van der Waals surface area contributed by atoms with E-state index >= 15 is 0 Å². The van der Waals surface area contributed by atoms with Crippen molar-refractivity contribution in [2.24, 2.45) is 0 Å². The molecule has 0 aliphatic carbocycles. The number of aryl methyl sites for hydroxylation is 1. The van der Waals surface area contributed by atoms with Crippen molar-refractivity contribution in [3.8, 4) is 0 Å². The van der Waals surface area contributed by atoms with Crippen LogP contribution in [0.3, 0.4) is 0 Å². The number of thiophene rings is 1. The molecular weight excluding hydrogens is 275 g/mol. The molecule has 17 heavy (non-hydrogen) atoms. The lowest BCUT2D eigenvalue weighted by Gasteiger charge is -2.00. The lowest BCUT2D eigenvalue weighted by Crippen LogP contribution is -2.02. The Morgan fingerprint density at radius 1 is 1.24 bits per heavy atom. The third-order valence-corrected chi connectivity index (χ3v) is 3.93. The fourth-order valence-electron chi connectivity index (χ4n) is 1.52. The molecular formula is C13H10Cl2OS. The Morgan fingerprint density at radius 2 is 1.88 bits per heavy atom. The van der Waals surface area contributed by atoms with Crippen molar-refractivity contribution in [3.63, 3.8) is 0 Å². The summed E-state index contributed by atoms with van der Waals surface area (Å²) in [4.78, 5) is 12.0. The fourth-order valence-corrected chi connectivity index (χ4v) is 3.02. The normalized spacial score (nSPS) is 10.5. The number of rotatable bonds is 3. The number of carbonyl (C=O) groups excluding carboxylic acids is 1. The number of carbonyl (C=O) groups is 1. The minimum Gasteiger partial charge on any atom is -0.294 e. The number of halogens is 2. The van der Waals surface area contributed by atoms with Crippen LogP contribution in [0, 0.1) is 6.92 Å². The Kier molecular flexibility index (Phi) is 3.87. The van der Waals surface area contributed by atoms with Gasteiger partial charge in [-0.2, -0.15) is 0 Å². The van der Waals surface area contributed by atoms with Crippen LogP contribution in [-0.4, -0.2) is 5.78 Å². The molecule has 1 nitrogen and oxygen atoms in total. The quantitative estimate of drug-likeness (QED) is 0.741. The Bertz CT molecular complexity index is 543. The van der Waals surface area contributed by atoms with E-state index in [9.17, 15) is 4.79 Å². The summed E-state index contributed by atoms with van der Waals surface area (Å²) < 4.78 is 1.01. The van der Waals surface area contributed by atoms with Gasteiger partial charge in [-0.1, -0.05) is 53.0 Å².